The normalized spacial score (nSPS) is 25.2. The van der Waals surface area contributed by atoms with Gasteiger partial charge in [-0.2, -0.15) is 5.10 Å². The summed E-state index contributed by atoms with van der Waals surface area (Å²) in [5.41, 5.74) is 3.41. The average Bonchev–Trinajstić information content (AvgIpc) is 3.35. The summed E-state index contributed by atoms with van der Waals surface area (Å²) in [7, 11) is 2.26. The second-order valence-corrected chi connectivity index (χ2v) is 8.69. The average molecular weight is 364 g/mol. The predicted octanol–water partition coefficient (Wildman–Crippen LogP) is 3.38. The number of aromatic nitrogens is 2. The predicted molar refractivity (Wildman–Crippen MR) is 105 cm³/mol. The van der Waals surface area contributed by atoms with E-state index < -0.39 is 0 Å². The molecule has 5 nitrogen and oxygen atoms in total. The standard InChI is InChI=1S/C22H28N4O/c1-25-15-18(16-5-3-2-4-6-16)14-22(25)9-11-26(12-10-22)21(27)20-13-19(23-24-20)17-7-8-17/h2-6,13,17-18H,7-12,14-15H2,1H3,(H,23,24)/t18-/m1/s1. The van der Waals surface area contributed by atoms with Gasteiger partial charge in [-0.25, -0.2) is 0 Å². The Morgan fingerprint density at radius 3 is 2.59 bits per heavy atom. The number of likely N-dealkylation sites (tertiary alicyclic amines) is 2. The van der Waals surface area contributed by atoms with Gasteiger partial charge in [0.15, 0.2) is 0 Å². The fourth-order valence-corrected chi connectivity index (χ4v) is 5.08. The summed E-state index contributed by atoms with van der Waals surface area (Å²) in [6.45, 7) is 2.77. The number of benzene rings is 1. The molecule has 1 saturated carbocycles. The molecule has 3 fully saturated rings. The van der Waals surface area contributed by atoms with E-state index in [1.807, 2.05) is 11.0 Å². The number of carbonyl (C=O) groups is 1. The quantitative estimate of drug-likeness (QED) is 0.908. The first kappa shape index (κ1) is 17.0. The monoisotopic (exact) mass is 364 g/mol. The molecule has 27 heavy (non-hydrogen) atoms. The number of rotatable bonds is 3. The molecular weight excluding hydrogens is 336 g/mol. The third-order valence-corrected chi connectivity index (χ3v) is 7.02. The second-order valence-electron chi connectivity index (χ2n) is 8.69. The van der Waals surface area contributed by atoms with Gasteiger partial charge in [0.05, 0.1) is 0 Å². The topological polar surface area (TPSA) is 52.2 Å². The molecule has 1 amide bonds. The van der Waals surface area contributed by atoms with Crippen molar-refractivity contribution in [2.24, 2.45) is 0 Å². The molecule has 5 rings (SSSR count). The van der Waals surface area contributed by atoms with Crippen molar-refractivity contribution in [2.75, 3.05) is 26.7 Å². The first-order chi connectivity index (χ1) is 13.1. The minimum atomic E-state index is 0.0910. The molecule has 1 aromatic carbocycles. The van der Waals surface area contributed by atoms with Crippen LogP contribution < -0.4 is 0 Å². The second kappa shape index (κ2) is 6.48. The van der Waals surface area contributed by atoms with Crippen LogP contribution in [-0.4, -0.2) is 58.1 Å². The Bertz CT molecular complexity index is 818. The number of hydrogen-bond acceptors (Lipinski definition) is 3. The van der Waals surface area contributed by atoms with E-state index in [9.17, 15) is 4.79 Å². The van der Waals surface area contributed by atoms with Crippen LogP contribution in [0, 0.1) is 0 Å². The van der Waals surface area contributed by atoms with Gasteiger partial charge in [-0.3, -0.25) is 14.8 Å². The smallest absolute Gasteiger partial charge is 0.274 e. The van der Waals surface area contributed by atoms with Crippen LogP contribution in [0.1, 0.15) is 65.7 Å². The Hall–Kier alpha value is -2.14. The maximum absolute atomic E-state index is 12.9. The molecule has 5 heteroatoms. The van der Waals surface area contributed by atoms with E-state index >= 15 is 0 Å². The lowest BCUT2D eigenvalue weighted by Gasteiger charge is -2.43. The van der Waals surface area contributed by atoms with Gasteiger partial charge in [-0.1, -0.05) is 30.3 Å². The highest BCUT2D eigenvalue weighted by Gasteiger charge is 2.46. The summed E-state index contributed by atoms with van der Waals surface area (Å²) in [4.78, 5) is 17.4. The van der Waals surface area contributed by atoms with E-state index in [0.717, 1.165) is 38.2 Å². The molecular formula is C22H28N4O. The molecule has 3 aliphatic rings. The lowest BCUT2D eigenvalue weighted by Crippen LogP contribution is -2.52. The lowest BCUT2D eigenvalue weighted by atomic mass is 9.81. The number of nitrogens with one attached hydrogen (secondary N) is 1. The Morgan fingerprint density at radius 1 is 1.15 bits per heavy atom. The summed E-state index contributed by atoms with van der Waals surface area (Å²) in [6.07, 6.45) is 5.74. The summed E-state index contributed by atoms with van der Waals surface area (Å²) in [6, 6.07) is 12.8. The van der Waals surface area contributed by atoms with Crippen LogP contribution in [0.2, 0.25) is 0 Å². The molecule has 1 aromatic heterocycles. The number of carbonyl (C=O) groups excluding carboxylic acids is 1. The molecule has 1 atom stereocenters. The zero-order chi connectivity index (χ0) is 18.4. The Morgan fingerprint density at radius 2 is 1.89 bits per heavy atom. The van der Waals surface area contributed by atoms with Crippen molar-refractivity contribution >= 4 is 5.91 Å². The van der Waals surface area contributed by atoms with Gasteiger partial charge in [0, 0.05) is 36.8 Å². The molecule has 142 valence electrons. The molecule has 2 aliphatic heterocycles. The molecule has 0 radical (unpaired) electrons. The van der Waals surface area contributed by atoms with Gasteiger partial charge in [-0.05, 0) is 56.7 Å². The van der Waals surface area contributed by atoms with Gasteiger partial charge in [0.2, 0.25) is 0 Å². The van der Waals surface area contributed by atoms with Crippen molar-refractivity contribution in [3.05, 3.63) is 53.3 Å². The zero-order valence-corrected chi connectivity index (χ0v) is 16.0. The van der Waals surface area contributed by atoms with Crippen LogP contribution in [0.15, 0.2) is 36.4 Å². The Balaban J connectivity index is 1.24. The fraction of sp³-hybridized carbons (Fsp3) is 0.545. The maximum atomic E-state index is 12.9. The van der Waals surface area contributed by atoms with Crippen molar-refractivity contribution in [3.63, 3.8) is 0 Å². The van der Waals surface area contributed by atoms with E-state index in [-0.39, 0.29) is 11.4 Å². The van der Waals surface area contributed by atoms with Crippen LogP contribution in [0.5, 0.6) is 0 Å². The van der Waals surface area contributed by atoms with Crippen LogP contribution in [0.4, 0.5) is 0 Å². The summed E-state index contributed by atoms with van der Waals surface area (Å²) < 4.78 is 0. The van der Waals surface area contributed by atoms with E-state index in [0.29, 0.717) is 17.5 Å². The van der Waals surface area contributed by atoms with E-state index in [1.165, 1.54) is 24.8 Å². The number of piperidine rings is 1. The number of aromatic amines is 1. The highest BCUT2D eigenvalue weighted by atomic mass is 16.2. The molecule has 1 aliphatic carbocycles. The van der Waals surface area contributed by atoms with Crippen LogP contribution in [0.25, 0.3) is 0 Å². The molecule has 1 spiro atoms. The number of nitrogens with zero attached hydrogens (tertiary/aromatic N) is 3. The minimum absolute atomic E-state index is 0.0910. The third-order valence-electron chi connectivity index (χ3n) is 7.02. The van der Waals surface area contributed by atoms with Gasteiger partial charge >= 0.3 is 0 Å². The Kier molecular flexibility index (Phi) is 4.08. The van der Waals surface area contributed by atoms with E-state index in [4.69, 9.17) is 0 Å². The highest BCUT2D eigenvalue weighted by molar-refractivity contribution is 5.92. The number of amides is 1. The Labute approximate surface area is 160 Å². The number of likely N-dealkylation sites (N-methyl/N-ethyl adjacent to an activating group) is 1. The molecule has 2 saturated heterocycles. The molecule has 0 unspecified atom stereocenters. The maximum Gasteiger partial charge on any atom is 0.274 e. The van der Waals surface area contributed by atoms with Crippen molar-refractivity contribution < 1.29 is 4.79 Å². The first-order valence-electron chi connectivity index (χ1n) is 10.3. The van der Waals surface area contributed by atoms with E-state index in [1.54, 1.807) is 0 Å². The van der Waals surface area contributed by atoms with Crippen molar-refractivity contribution in [2.45, 2.75) is 49.5 Å². The number of H-pyrrole nitrogens is 1. The van der Waals surface area contributed by atoms with Crippen LogP contribution in [0.3, 0.4) is 0 Å². The largest absolute Gasteiger partial charge is 0.337 e. The third kappa shape index (κ3) is 3.08. The van der Waals surface area contributed by atoms with Crippen molar-refractivity contribution in [1.82, 2.24) is 20.0 Å². The summed E-state index contributed by atoms with van der Waals surface area (Å²) >= 11 is 0. The fourth-order valence-electron chi connectivity index (χ4n) is 5.08. The SMILES string of the molecule is CN1C[C@H](c2ccccc2)CC12CCN(C(=O)c1cc(C3CC3)[nH]n1)CC2. The van der Waals surface area contributed by atoms with Crippen LogP contribution >= 0.6 is 0 Å². The molecule has 3 heterocycles. The molecule has 0 bridgehead atoms. The van der Waals surface area contributed by atoms with Crippen LogP contribution in [-0.2, 0) is 0 Å². The first-order valence-corrected chi connectivity index (χ1v) is 10.3. The minimum Gasteiger partial charge on any atom is -0.337 e. The number of hydrogen-bond donors (Lipinski definition) is 1. The van der Waals surface area contributed by atoms with Crippen molar-refractivity contribution in [1.29, 1.82) is 0 Å². The van der Waals surface area contributed by atoms with Gasteiger partial charge in [0.25, 0.3) is 5.91 Å². The van der Waals surface area contributed by atoms with E-state index in [2.05, 4.69) is 52.5 Å². The van der Waals surface area contributed by atoms with Gasteiger partial charge in [0.1, 0.15) is 5.69 Å². The summed E-state index contributed by atoms with van der Waals surface area (Å²) in [5, 5.41) is 7.34. The lowest BCUT2D eigenvalue weighted by molar-refractivity contribution is 0.0487. The van der Waals surface area contributed by atoms with Gasteiger partial charge in [-0.15, -0.1) is 0 Å². The molecule has 2 aromatic rings. The van der Waals surface area contributed by atoms with Crippen molar-refractivity contribution in [3.8, 4) is 0 Å². The summed E-state index contributed by atoms with van der Waals surface area (Å²) in [5.74, 6) is 1.30. The highest BCUT2D eigenvalue weighted by Crippen LogP contribution is 2.44. The van der Waals surface area contributed by atoms with Gasteiger partial charge < -0.3 is 4.90 Å². The molecule has 1 N–H and O–H groups in total. The zero-order valence-electron chi connectivity index (χ0n) is 16.0.